The Morgan fingerprint density at radius 3 is 1.95 bits per heavy atom. The summed E-state index contributed by atoms with van der Waals surface area (Å²) in [6.45, 7) is 6.21. The third-order valence-electron chi connectivity index (χ3n) is 2.53. The first kappa shape index (κ1) is 18.3. The van der Waals surface area contributed by atoms with Crippen molar-refractivity contribution in [3.05, 3.63) is 0 Å². The molecule has 1 fully saturated rings. The van der Waals surface area contributed by atoms with Crippen LogP contribution < -0.4 is 0 Å². The smallest absolute Gasteiger partial charge is 0.104 e. The Hall–Kier alpha value is 0.240. The predicted molar refractivity (Wildman–Crippen MR) is 77.6 cm³/mol. The van der Waals surface area contributed by atoms with Gasteiger partial charge in [0.2, 0.25) is 0 Å². The Kier molecular flexibility index (Phi) is 13.0. The van der Waals surface area contributed by atoms with Gasteiger partial charge in [-0.05, 0) is 0 Å². The molecule has 1 heterocycles. The minimum Gasteiger partial charge on any atom is -0.378 e. The van der Waals surface area contributed by atoms with Crippen molar-refractivity contribution in [1.29, 1.82) is 0 Å². The van der Waals surface area contributed by atoms with E-state index in [1.165, 1.54) is 0 Å². The Bertz CT molecular complexity index is 191. The fraction of sp³-hybridized carbons (Fsp3) is 1.00. The van der Waals surface area contributed by atoms with Gasteiger partial charge in [-0.15, -0.1) is 0 Å². The number of ether oxygens (including phenoxy) is 6. The van der Waals surface area contributed by atoms with Gasteiger partial charge in [0, 0.05) is 5.33 Å². The molecular weight excluding hydrogens is 332 g/mol. The van der Waals surface area contributed by atoms with Crippen molar-refractivity contribution >= 4 is 15.9 Å². The summed E-state index contributed by atoms with van der Waals surface area (Å²) in [6, 6.07) is 0. The van der Waals surface area contributed by atoms with Gasteiger partial charge in [-0.3, -0.25) is 0 Å². The highest BCUT2D eigenvalue weighted by Gasteiger charge is 2.10. The number of halogens is 1. The van der Waals surface area contributed by atoms with Crippen LogP contribution in [-0.4, -0.2) is 84.1 Å². The topological polar surface area (TPSA) is 55.4 Å². The molecule has 120 valence electrons. The molecular formula is C13H25BrO6. The maximum Gasteiger partial charge on any atom is 0.104 e. The zero-order valence-electron chi connectivity index (χ0n) is 11.9. The zero-order chi connectivity index (χ0) is 14.3. The van der Waals surface area contributed by atoms with Crippen LogP contribution in [0.25, 0.3) is 0 Å². The monoisotopic (exact) mass is 356 g/mol. The molecule has 0 amide bonds. The van der Waals surface area contributed by atoms with E-state index in [2.05, 4.69) is 15.9 Å². The van der Waals surface area contributed by atoms with Crippen LogP contribution in [0, 0.1) is 0 Å². The fourth-order valence-corrected chi connectivity index (χ4v) is 1.79. The summed E-state index contributed by atoms with van der Waals surface area (Å²) in [5, 5.41) is 0.817. The summed E-state index contributed by atoms with van der Waals surface area (Å²) in [5.41, 5.74) is 0. The lowest BCUT2D eigenvalue weighted by Crippen LogP contribution is -2.28. The zero-order valence-corrected chi connectivity index (χ0v) is 13.5. The summed E-state index contributed by atoms with van der Waals surface area (Å²) < 4.78 is 32.8. The fourth-order valence-electron chi connectivity index (χ4n) is 1.56. The Morgan fingerprint density at radius 1 is 0.800 bits per heavy atom. The van der Waals surface area contributed by atoms with Crippen LogP contribution in [0.4, 0.5) is 0 Å². The predicted octanol–water partition coefficient (Wildman–Crippen LogP) is 0.863. The summed E-state index contributed by atoms with van der Waals surface area (Å²) >= 11 is 3.32. The molecule has 0 bridgehead atoms. The standard InChI is InChI=1S/C13H25BrO6/c14-1-2-18-11-13-12-19-8-7-16-4-3-15-5-6-17-9-10-20-13/h13H,1-12H2. The Morgan fingerprint density at radius 2 is 1.35 bits per heavy atom. The van der Waals surface area contributed by atoms with Crippen LogP contribution in [0.3, 0.4) is 0 Å². The quantitative estimate of drug-likeness (QED) is 0.550. The van der Waals surface area contributed by atoms with Gasteiger partial charge in [0.25, 0.3) is 0 Å². The molecule has 0 aromatic rings. The van der Waals surface area contributed by atoms with Crippen LogP contribution in [0.2, 0.25) is 0 Å². The average molecular weight is 357 g/mol. The summed E-state index contributed by atoms with van der Waals surface area (Å²) in [4.78, 5) is 0. The van der Waals surface area contributed by atoms with Gasteiger partial charge >= 0.3 is 0 Å². The van der Waals surface area contributed by atoms with Gasteiger partial charge in [0.1, 0.15) is 6.10 Å². The average Bonchev–Trinajstić information content (AvgIpc) is 2.47. The highest BCUT2D eigenvalue weighted by molar-refractivity contribution is 9.09. The maximum atomic E-state index is 5.69. The van der Waals surface area contributed by atoms with Gasteiger partial charge in [0.15, 0.2) is 0 Å². The van der Waals surface area contributed by atoms with E-state index in [4.69, 9.17) is 28.4 Å². The third-order valence-corrected chi connectivity index (χ3v) is 2.85. The van der Waals surface area contributed by atoms with Gasteiger partial charge in [0.05, 0.1) is 72.7 Å². The van der Waals surface area contributed by atoms with E-state index in [9.17, 15) is 0 Å². The van der Waals surface area contributed by atoms with E-state index >= 15 is 0 Å². The van der Waals surface area contributed by atoms with E-state index in [1.54, 1.807) is 0 Å². The molecule has 0 N–H and O–H groups in total. The van der Waals surface area contributed by atoms with Crippen molar-refractivity contribution in [2.24, 2.45) is 0 Å². The second-order valence-corrected chi connectivity index (χ2v) is 4.96. The summed E-state index contributed by atoms with van der Waals surface area (Å²) in [6.07, 6.45) is -0.0703. The maximum absolute atomic E-state index is 5.69. The van der Waals surface area contributed by atoms with Crippen molar-refractivity contribution in [2.75, 3.05) is 78.0 Å². The molecule has 0 aromatic heterocycles. The third kappa shape index (κ3) is 11.0. The summed E-state index contributed by atoms with van der Waals surface area (Å²) in [7, 11) is 0. The largest absolute Gasteiger partial charge is 0.378 e. The van der Waals surface area contributed by atoms with Crippen LogP contribution in [0.5, 0.6) is 0 Å². The Labute approximate surface area is 129 Å². The van der Waals surface area contributed by atoms with Gasteiger partial charge in [-0.25, -0.2) is 0 Å². The van der Waals surface area contributed by atoms with E-state index < -0.39 is 0 Å². The molecule has 1 atom stereocenters. The van der Waals surface area contributed by atoms with Crippen LogP contribution in [0.1, 0.15) is 0 Å². The molecule has 1 rings (SSSR count). The SMILES string of the molecule is BrCCOCC1COCCOCCOCCOCCO1. The van der Waals surface area contributed by atoms with Crippen molar-refractivity contribution < 1.29 is 28.4 Å². The molecule has 0 spiro atoms. The molecule has 0 saturated carbocycles. The van der Waals surface area contributed by atoms with Gasteiger partial charge in [-0.2, -0.15) is 0 Å². The summed E-state index contributed by atoms with van der Waals surface area (Å²) in [5.74, 6) is 0. The molecule has 7 heteroatoms. The highest BCUT2D eigenvalue weighted by atomic mass is 79.9. The lowest BCUT2D eigenvalue weighted by atomic mass is 10.4. The molecule has 1 aliphatic heterocycles. The van der Waals surface area contributed by atoms with Crippen molar-refractivity contribution in [2.45, 2.75) is 6.10 Å². The lowest BCUT2D eigenvalue weighted by molar-refractivity contribution is -0.0758. The Balaban J connectivity index is 2.21. The van der Waals surface area contributed by atoms with Crippen LogP contribution in [-0.2, 0) is 28.4 Å². The molecule has 6 nitrogen and oxygen atoms in total. The second-order valence-electron chi connectivity index (χ2n) is 4.17. The molecule has 0 radical (unpaired) electrons. The van der Waals surface area contributed by atoms with Crippen molar-refractivity contribution in [3.63, 3.8) is 0 Å². The molecule has 1 aliphatic rings. The molecule has 20 heavy (non-hydrogen) atoms. The first-order valence-corrected chi connectivity index (χ1v) is 8.12. The highest BCUT2D eigenvalue weighted by Crippen LogP contribution is 1.97. The number of hydrogen-bond acceptors (Lipinski definition) is 6. The number of alkyl halides is 1. The molecule has 1 saturated heterocycles. The molecule has 1 unspecified atom stereocenters. The van der Waals surface area contributed by atoms with Gasteiger partial charge in [-0.1, -0.05) is 15.9 Å². The van der Waals surface area contributed by atoms with Crippen LogP contribution >= 0.6 is 15.9 Å². The first-order chi connectivity index (χ1) is 9.93. The van der Waals surface area contributed by atoms with E-state index in [1.807, 2.05) is 0 Å². The van der Waals surface area contributed by atoms with Crippen molar-refractivity contribution in [1.82, 2.24) is 0 Å². The minimum absolute atomic E-state index is 0.0703. The van der Waals surface area contributed by atoms with E-state index in [-0.39, 0.29) is 6.10 Å². The first-order valence-electron chi connectivity index (χ1n) is 6.99. The van der Waals surface area contributed by atoms with E-state index in [0.29, 0.717) is 72.7 Å². The number of rotatable bonds is 4. The normalized spacial score (nSPS) is 24.8. The molecule has 0 aliphatic carbocycles. The van der Waals surface area contributed by atoms with Gasteiger partial charge < -0.3 is 28.4 Å². The lowest BCUT2D eigenvalue weighted by Gasteiger charge is -2.18. The molecule has 0 aromatic carbocycles. The minimum atomic E-state index is -0.0703. The number of hydrogen-bond donors (Lipinski definition) is 0. The van der Waals surface area contributed by atoms with Crippen molar-refractivity contribution in [3.8, 4) is 0 Å². The second kappa shape index (κ2) is 14.2. The van der Waals surface area contributed by atoms with Crippen LogP contribution in [0.15, 0.2) is 0 Å². The van der Waals surface area contributed by atoms with E-state index in [0.717, 1.165) is 5.33 Å².